The molecule has 0 heterocycles. The lowest BCUT2D eigenvalue weighted by atomic mass is 9.86. The van der Waals surface area contributed by atoms with E-state index >= 15 is 0 Å². The second-order valence-electron chi connectivity index (χ2n) is 5.12. The normalized spacial score (nSPS) is 18.4. The van der Waals surface area contributed by atoms with Gasteiger partial charge < -0.3 is 5.32 Å². The summed E-state index contributed by atoms with van der Waals surface area (Å²) in [7, 11) is 0. The van der Waals surface area contributed by atoms with Gasteiger partial charge in [-0.25, -0.2) is 0 Å². The maximum absolute atomic E-state index is 11.8. The van der Waals surface area contributed by atoms with Crippen molar-refractivity contribution in [2.24, 2.45) is 5.92 Å². The predicted octanol–water partition coefficient (Wildman–Crippen LogP) is 3.27. The van der Waals surface area contributed by atoms with Gasteiger partial charge in [0.2, 0.25) is 5.91 Å². The summed E-state index contributed by atoms with van der Waals surface area (Å²) in [5, 5.41) is 3.03. The minimum Gasteiger partial charge on any atom is -0.352 e. The fourth-order valence-electron chi connectivity index (χ4n) is 2.55. The fourth-order valence-corrected chi connectivity index (χ4v) is 2.55. The maximum Gasteiger partial charge on any atom is 0.220 e. The molecule has 0 aromatic heterocycles. The van der Waals surface area contributed by atoms with E-state index in [1.807, 2.05) is 0 Å². The number of rotatable bonds is 6. The minimum absolute atomic E-state index is 0.166. The van der Waals surface area contributed by atoms with Gasteiger partial charge in [0.25, 0.3) is 0 Å². The molecule has 0 saturated heterocycles. The minimum atomic E-state index is 0.166. The summed E-state index contributed by atoms with van der Waals surface area (Å²) in [5.41, 5.74) is 0. The molecule has 1 atom stereocenters. The van der Waals surface area contributed by atoms with Gasteiger partial charge in [0, 0.05) is 18.9 Å². The molecular formula is C15H25NO. The Bertz CT molecular complexity index is 261. The summed E-state index contributed by atoms with van der Waals surface area (Å²) in [6.07, 6.45) is 15.3. The van der Waals surface area contributed by atoms with E-state index in [4.69, 9.17) is 6.42 Å². The Morgan fingerprint density at radius 1 is 1.41 bits per heavy atom. The lowest BCUT2D eigenvalue weighted by molar-refractivity contribution is -0.122. The summed E-state index contributed by atoms with van der Waals surface area (Å²) in [5.74, 6) is 3.57. The molecule has 0 aromatic carbocycles. The molecule has 0 radical (unpaired) electrons. The van der Waals surface area contributed by atoms with E-state index < -0.39 is 0 Å². The highest BCUT2D eigenvalue weighted by Crippen LogP contribution is 2.27. The quantitative estimate of drug-likeness (QED) is 0.703. The molecule has 1 fully saturated rings. The second kappa shape index (κ2) is 8.17. The zero-order valence-corrected chi connectivity index (χ0v) is 11.0. The van der Waals surface area contributed by atoms with Gasteiger partial charge in [-0.3, -0.25) is 4.79 Å². The molecule has 1 aliphatic carbocycles. The first-order chi connectivity index (χ1) is 8.26. The highest BCUT2D eigenvalue weighted by Gasteiger charge is 2.15. The Hall–Kier alpha value is -0.970. The third kappa shape index (κ3) is 5.77. The molecule has 1 N–H and O–H groups in total. The maximum atomic E-state index is 11.8. The fraction of sp³-hybridized carbons (Fsp3) is 0.800. The molecule has 2 heteroatoms. The smallest absolute Gasteiger partial charge is 0.220 e. The topological polar surface area (TPSA) is 29.1 Å². The van der Waals surface area contributed by atoms with Crippen LogP contribution in [0.1, 0.15) is 64.7 Å². The number of carbonyl (C=O) groups is 1. The van der Waals surface area contributed by atoms with Crippen molar-refractivity contribution >= 4 is 5.91 Å². The van der Waals surface area contributed by atoms with Crippen LogP contribution in [-0.2, 0) is 4.79 Å². The largest absolute Gasteiger partial charge is 0.352 e. The van der Waals surface area contributed by atoms with Gasteiger partial charge in [-0.2, -0.15) is 0 Å². The zero-order chi connectivity index (χ0) is 12.5. The Kier molecular flexibility index (Phi) is 6.77. The first-order valence-electron chi connectivity index (χ1n) is 6.99. The molecule has 0 aliphatic heterocycles. The van der Waals surface area contributed by atoms with Crippen LogP contribution in [-0.4, -0.2) is 11.9 Å². The average molecular weight is 235 g/mol. The Morgan fingerprint density at radius 2 is 2.12 bits per heavy atom. The van der Waals surface area contributed by atoms with Crippen LogP contribution in [0.3, 0.4) is 0 Å². The summed E-state index contributed by atoms with van der Waals surface area (Å²) in [6.45, 7) is 2.06. The van der Waals surface area contributed by atoms with Crippen LogP contribution in [0.5, 0.6) is 0 Å². The Morgan fingerprint density at radius 3 is 2.71 bits per heavy atom. The molecule has 96 valence electrons. The van der Waals surface area contributed by atoms with Gasteiger partial charge in [-0.05, 0) is 18.8 Å². The van der Waals surface area contributed by atoms with Gasteiger partial charge in [0.15, 0.2) is 0 Å². The van der Waals surface area contributed by atoms with Crippen LogP contribution in [0.15, 0.2) is 0 Å². The lowest BCUT2D eigenvalue weighted by Crippen LogP contribution is -2.34. The van der Waals surface area contributed by atoms with Crippen molar-refractivity contribution in [1.82, 2.24) is 5.32 Å². The number of terminal acetylenes is 1. The van der Waals surface area contributed by atoms with E-state index in [9.17, 15) is 4.79 Å². The number of amides is 1. The summed E-state index contributed by atoms with van der Waals surface area (Å²) in [4.78, 5) is 11.8. The third-order valence-electron chi connectivity index (χ3n) is 3.73. The van der Waals surface area contributed by atoms with Gasteiger partial charge >= 0.3 is 0 Å². The molecular weight excluding hydrogens is 210 g/mol. The molecule has 17 heavy (non-hydrogen) atoms. The number of hydrogen-bond acceptors (Lipinski definition) is 1. The van der Waals surface area contributed by atoms with E-state index in [-0.39, 0.29) is 11.9 Å². The molecule has 1 unspecified atom stereocenters. The van der Waals surface area contributed by atoms with E-state index in [0.717, 1.165) is 18.8 Å². The number of carbonyl (C=O) groups excluding carboxylic acids is 1. The van der Waals surface area contributed by atoms with E-state index in [0.29, 0.717) is 12.8 Å². The third-order valence-corrected chi connectivity index (χ3v) is 3.73. The highest BCUT2D eigenvalue weighted by molar-refractivity contribution is 5.76. The van der Waals surface area contributed by atoms with Gasteiger partial charge in [-0.15, -0.1) is 12.3 Å². The summed E-state index contributed by atoms with van der Waals surface area (Å²) >= 11 is 0. The van der Waals surface area contributed by atoms with E-state index in [2.05, 4.69) is 18.2 Å². The van der Waals surface area contributed by atoms with Crippen molar-refractivity contribution in [3.8, 4) is 12.3 Å². The van der Waals surface area contributed by atoms with Gasteiger partial charge in [-0.1, -0.05) is 39.0 Å². The lowest BCUT2D eigenvalue weighted by Gasteiger charge is -2.21. The Labute approximate surface area is 106 Å². The molecule has 2 nitrogen and oxygen atoms in total. The summed E-state index contributed by atoms with van der Waals surface area (Å²) < 4.78 is 0. The molecule has 1 saturated carbocycles. The van der Waals surface area contributed by atoms with Crippen molar-refractivity contribution in [2.75, 3.05) is 0 Å². The molecule has 1 amide bonds. The predicted molar refractivity (Wildman–Crippen MR) is 71.5 cm³/mol. The van der Waals surface area contributed by atoms with Crippen molar-refractivity contribution < 1.29 is 4.79 Å². The van der Waals surface area contributed by atoms with Crippen LogP contribution < -0.4 is 5.32 Å². The van der Waals surface area contributed by atoms with Crippen LogP contribution in [0.25, 0.3) is 0 Å². The van der Waals surface area contributed by atoms with Crippen molar-refractivity contribution in [1.29, 1.82) is 0 Å². The first kappa shape index (κ1) is 14.1. The standard InChI is InChI=1S/C15H25NO/c1-3-8-14(4-2)16-15(17)12-11-13-9-6-5-7-10-13/h1,13-14H,4-12H2,2H3,(H,16,17). The molecule has 0 bridgehead atoms. The average Bonchev–Trinajstić information content (AvgIpc) is 2.37. The molecule has 0 aromatic rings. The van der Waals surface area contributed by atoms with Crippen molar-refractivity contribution in [3.63, 3.8) is 0 Å². The van der Waals surface area contributed by atoms with E-state index in [1.54, 1.807) is 0 Å². The summed E-state index contributed by atoms with van der Waals surface area (Å²) in [6, 6.07) is 0.166. The van der Waals surface area contributed by atoms with Crippen LogP contribution in [0, 0.1) is 18.3 Å². The van der Waals surface area contributed by atoms with Gasteiger partial charge in [0.05, 0.1) is 0 Å². The van der Waals surface area contributed by atoms with E-state index in [1.165, 1.54) is 32.1 Å². The van der Waals surface area contributed by atoms with Gasteiger partial charge in [0.1, 0.15) is 0 Å². The van der Waals surface area contributed by atoms with Crippen LogP contribution in [0.2, 0.25) is 0 Å². The van der Waals surface area contributed by atoms with Crippen molar-refractivity contribution in [3.05, 3.63) is 0 Å². The number of nitrogens with one attached hydrogen (secondary N) is 1. The van der Waals surface area contributed by atoms with Crippen molar-refractivity contribution in [2.45, 2.75) is 70.8 Å². The molecule has 1 aliphatic rings. The molecule has 1 rings (SSSR count). The number of hydrogen-bond donors (Lipinski definition) is 1. The van der Waals surface area contributed by atoms with Crippen LogP contribution >= 0.6 is 0 Å². The Balaban J connectivity index is 2.17. The monoisotopic (exact) mass is 235 g/mol. The highest BCUT2D eigenvalue weighted by atomic mass is 16.1. The first-order valence-corrected chi connectivity index (χ1v) is 6.99. The van der Waals surface area contributed by atoms with Crippen LogP contribution in [0.4, 0.5) is 0 Å². The molecule has 0 spiro atoms. The SMILES string of the molecule is C#CCC(CC)NC(=O)CCC1CCCCC1. The second-order valence-corrected chi connectivity index (χ2v) is 5.12. The zero-order valence-electron chi connectivity index (χ0n) is 11.0.